The normalized spacial score (nSPS) is 17.9. The van der Waals surface area contributed by atoms with Gasteiger partial charge in [-0.25, -0.2) is 4.79 Å². The van der Waals surface area contributed by atoms with Crippen LogP contribution in [0.3, 0.4) is 0 Å². The van der Waals surface area contributed by atoms with Crippen LogP contribution in [-0.2, 0) is 13.9 Å². The summed E-state index contributed by atoms with van der Waals surface area (Å²) < 4.78 is 28.8. The second-order valence-electron chi connectivity index (χ2n) is 13.9. The van der Waals surface area contributed by atoms with Crippen molar-refractivity contribution >= 4 is 21.8 Å². The van der Waals surface area contributed by atoms with E-state index in [4.69, 9.17) is 23.4 Å². The van der Waals surface area contributed by atoms with E-state index in [-0.39, 0.29) is 34.9 Å². The predicted molar refractivity (Wildman–Crippen MR) is 167 cm³/mol. The average molecular weight is 607 g/mol. The van der Waals surface area contributed by atoms with Crippen LogP contribution in [0.4, 0.5) is 4.79 Å². The van der Waals surface area contributed by atoms with Crippen molar-refractivity contribution in [1.82, 2.24) is 9.80 Å². The van der Waals surface area contributed by atoms with Gasteiger partial charge in [0.2, 0.25) is 9.76 Å². The number of methoxy groups -OCH3 is 2. The highest BCUT2D eigenvalue weighted by Crippen LogP contribution is 2.38. The first-order valence-corrected chi connectivity index (χ1v) is 15.8. The Balaban J connectivity index is 2.35. The Morgan fingerprint density at radius 2 is 1.67 bits per heavy atom. The highest BCUT2D eigenvalue weighted by Gasteiger charge is 2.46. The summed E-state index contributed by atoms with van der Waals surface area (Å²) in [5.41, 5.74) is -0.584. The Morgan fingerprint density at radius 3 is 2.21 bits per heavy atom. The maximum atomic E-state index is 14.0. The number of hydrogen-bond acceptors (Lipinski definition) is 7. The second-order valence-corrected chi connectivity index (χ2v) is 15.8. The fourth-order valence-electron chi connectivity index (χ4n) is 4.93. The molecule has 1 aliphatic heterocycles. The molecule has 1 aliphatic rings. The van der Waals surface area contributed by atoms with Crippen LogP contribution in [0.25, 0.3) is 0 Å². The number of amides is 2. The van der Waals surface area contributed by atoms with Crippen molar-refractivity contribution in [2.75, 3.05) is 47.1 Å². The molecule has 0 spiro atoms. The van der Waals surface area contributed by atoms with Crippen LogP contribution in [0.15, 0.2) is 18.2 Å². The zero-order valence-electron chi connectivity index (χ0n) is 28.0. The number of hydrogen-bond donors (Lipinski definition) is 0. The van der Waals surface area contributed by atoms with Crippen molar-refractivity contribution < 1.29 is 33.0 Å². The molecule has 10 heteroatoms. The molecule has 238 valence electrons. The van der Waals surface area contributed by atoms with Crippen molar-refractivity contribution in [3.8, 4) is 11.5 Å². The van der Waals surface area contributed by atoms with Gasteiger partial charge in [0.05, 0.1) is 19.3 Å². The van der Waals surface area contributed by atoms with E-state index in [0.717, 1.165) is 6.42 Å². The minimum Gasteiger partial charge on any atom is -0.493 e. The monoisotopic (exact) mass is 606 g/mol. The standard InChI is InChI=1S/C32H54N2O7Si/c1-22(2)34(28(35)23-14-15-26(38-12)27(18-23)39-17-13-16-37-11)20-24-19-33(29(36)40-30(3,4)5)21-25(24)32(9,10)41-42-31(6,7)8/h14-15,18,22,24-25H,13,16-17,19-21H2,1-12H3/t24-,25+/m0/s1. The molecular weight excluding hydrogens is 552 g/mol. The molecule has 2 rings (SSSR count). The predicted octanol–water partition coefficient (Wildman–Crippen LogP) is 6.08. The molecule has 1 saturated heterocycles. The largest absolute Gasteiger partial charge is 0.493 e. The molecule has 0 bridgehead atoms. The summed E-state index contributed by atoms with van der Waals surface area (Å²) in [6, 6.07) is 5.22. The van der Waals surface area contributed by atoms with Gasteiger partial charge in [-0.15, -0.1) is 0 Å². The molecule has 9 nitrogen and oxygen atoms in total. The Bertz CT molecular complexity index is 1030. The van der Waals surface area contributed by atoms with Crippen LogP contribution in [0.5, 0.6) is 11.5 Å². The quantitative estimate of drug-likeness (QED) is 0.199. The molecule has 2 radical (unpaired) electrons. The fraction of sp³-hybridized carbons (Fsp3) is 0.750. The minimum absolute atomic E-state index is 0.00413. The zero-order chi connectivity index (χ0) is 31.9. The molecule has 1 fully saturated rings. The van der Waals surface area contributed by atoms with Gasteiger partial charge in [0.25, 0.3) is 5.91 Å². The maximum Gasteiger partial charge on any atom is 0.410 e. The second kappa shape index (κ2) is 14.9. The summed E-state index contributed by atoms with van der Waals surface area (Å²) in [5.74, 6) is 0.994. The molecule has 0 aromatic heterocycles. The molecule has 2 amide bonds. The third-order valence-electron chi connectivity index (χ3n) is 7.08. The maximum absolute atomic E-state index is 14.0. The number of benzene rings is 1. The van der Waals surface area contributed by atoms with Gasteiger partial charge in [-0.1, -0.05) is 20.8 Å². The summed E-state index contributed by atoms with van der Waals surface area (Å²) in [7, 11) is 3.54. The Labute approximate surface area is 256 Å². The summed E-state index contributed by atoms with van der Waals surface area (Å²) in [6.45, 7) is 22.8. The first-order valence-electron chi connectivity index (χ1n) is 14.9. The van der Waals surface area contributed by atoms with Gasteiger partial charge < -0.3 is 33.2 Å². The molecule has 1 aromatic carbocycles. The average Bonchev–Trinajstić information content (AvgIpc) is 3.32. The lowest BCUT2D eigenvalue weighted by Gasteiger charge is -2.39. The van der Waals surface area contributed by atoms with Gasteiger partial charge in [-0.05, 0) is 71.7 Å². The third-order valence-corrected chi connectivity index (χ3v) is 8.32. The van der Waals surface area contributed by atoms with E-state index in [1.807, 2.05) is 39.5 Å². The zero-order valence-corrected chi connectivity index (χ0v) is 29.0. The first kappa shape index (κ1) is 35.9. The summed E-state index contributed by atoms with van der Waals surface area (Å²) in [6.07, 6.45) is 0.387. The molecular formula is C32H54N2O7Si. The molecule has 42 heavy (non-hydrogen) atoms. The van der Waals surface area contributed by atoms with Crippen LogP contribution in [-0.4, -0.2) is 95.9 Å². The number of carbonyl (C=O) groups is 2. The highest BCUT2D eigenvalue weighted by atomic mass is 28.2. The van der Waals surface area contributed by atoms with Crippen molar-refractivity contribution in [3.05, 3.63) is 23.8 Å². The van der Waals surface area contributed by atoms with Gasteiger partial charge in [0, 0.05) is 63.2 Å². The lowest BCUT2D eigenvalue weighted by atomic mass is 9.82. The van der Waals surface area contributed by atoms with E-state index in [0.29, 0.717) is 59.7 Å². The fourth-order valence-corrected chi connectivity index (χ4v) is 5.65. The molecule has 1 heterocycles. The van der Waals surface area contributed by atoms with Gasteiger partial charge in [-0.2, -0.15) is 0 Å². The minimum atomic E-state index is -0.595. The van der Waals surface area contributed by atoms with Crippen molar-refractivity contribution in [1.29, 1.82) is 0 Å². The van der Waals surface area contributed by atoms with E-state index in [1.165, 1.54) is 0 Å². The molecule has 0 saturated carbocycles. The molecule has 0 N–H and O–H groups in total. The summed E-state index contributed by atoms with van der Waals surface area (Å²) in [5, 5.41) is 0.0217. The van der Waals surface area contributed by atoms with Crippen LogP contribution >= 0.6 is 0 Å². The highest BCUT2D eigenvalue weighted by molar-refractivity contribution is 6.31. The van der Waals surface area contributed by atoms with E-state index in [1.54, 1.807) is 37.3 Å². The van der Waals surface area contributed by atoms with E-state index in [2.05, 4.69) is 34.6 Å². The molecule has 0 aliphatic carbocycles. The lowest BCUT2D eigenvalue weighted by molar-refractivity contribution is 0.0139. The Kier molecular flexibility index (Phi) is 12.8. The molecule has 0 unspecified atom stereocenters. The first-order chi connectivity index (χ1) is 19.4. The van der Waals surface area contributed by atoms with E-state index < -0.39 is 11.2 Å². The van der Waals surface area contributed by atoms with Crippen LogP contribution in [0.1, 0.15) is 86.0 Å². The number of rotatable bonds is 13. The lowest BCUT2D eigenvalue weighted by Crippen LogP contribution is -2.47. The third kappa shape index (κ3) is 10.8. The van der Waals surface area contributed by atoms with Gasteiger partial charge in [0.1, 0.15) is 5.60 Å². The van der Waals surface area contributed by atoms with Crippen molar-refractivity contribution in [2.24, 2.45) is 11.8 Å². The van der Waals surface area contributed by atoms with Gasteiger partial charge >= 0.3 is 6.09 Å². The summed E-state index contributed by atoms with van der Waals surface area (Å²) >= 11 is 0. The van der Waals surface area contributed by atoms with E-state index in [9.17, 15) is 9.59 Å². The number of ether oxygens (including phenoxy) is 4. The Hall–Kier alpha value is -2.30. The van der Waals surface area contributed by atoms with Gasteiger partial charge in [-0.3, -0.25) is 4.79 Å². The van der Waals surface area contributed by atoms with Crippen LogP contribution in [0, 0.1) is 11.8 Å². The topological polar surface area (TPSA) is 86.8 Å². The molecule has 1 aromatic rings. The number of carbonyl (C=O) groups excluding carboxylic acids is 2. The SMILES string of the molecule is COCCCOc1cc(C(=O)N(C[C@@H]2CN(C(=O)OC(C)(C)C)C[C@H]2C(C)(C)O[Si]C(C)(C)C)C(C)C)ccc1OC. The van der Waals surface area contributed by atoms with Crippen molar-refractivity contribution in [3.63, 3.8) is 0 Å². The number of nitrogens with zero attached hydrogens (tertiary/aromatic N) is 2. The van der Waals surface area contributed by atoms with Crippen LogP contribution in [0.2, 0.25) is 5.04 Å². The van der Waals surface area contributed by atoms with Crippen LogP contribution < -0.4 is 9.47 Å². The van der Waals surface area contributed by atoms with Gasteiger partial charge in [0.15, 0.2) is 11.5 Å². The van der Waals surface area contributed by atoms with Crippen molar-refractivity contribution in [2.45, 2.75) is 97.9 Å². The smallest absolute Gasteiger partial charge is 0.410 e. The number of likely N-dealkylation sites (tertiary alicyclic amines) is 1. The summed E-state index contributed by atoms with van der Waals surface area (Å²) in [4.78, 5) is 30.8. The Morgan fingerprint density at radius 1 is 1.00 bits per heavy atom. The van der Waals surface area contributed by atoms with E-state index >= 15 is 0 Å². The molecule has 2 atom stereocenters.